The standard InChI is InChI=1S/C17H21F3N2O.ClH/c18-17(19,20)8-7-10-1-5-13(6-2-10)22-16(23)14-11-3-4-12(9-11)15(14)21;/h1-2,5-6,11-12,14-15H,3-4,7-9,21H2,(H,22,23);1H. The Hall–Kier alpha value is -1.27. The van der Waals surface area contributed by atoms with Crippen LogP contribution < -0.4 is 11.1 Å². The van der Waals surface area contributed by atoms with Crippen LogP contribution in [0.2, 0.25) is 0 Å². The molecule has 2 bridgehead atoms. The fraction of sp³-hybridized carbons (Fsp3) is 0.588. The number of fused-ring (bicyclic) bond motifs is 2. The summed E-state index contributed by atoms with van der Waals surface area (Å²) >= 11 is 0. The quantitative estimate of drug-likeness (QED) is 0.853. The minimum absolute atomic E-state index is 0. The second-order valence-electron chi connectivity index (χ2n) is 6.74. The van der Waals surface area contributed by atoms with Crippen molar-refractivity contribution >= 4 is 24.0 Å². The number of rotatable bonds is 4. The Balaban J connectivity index is 0.00000208. The molecule has 2 saturated carbocycles. The molecule has 0 aromatic heterocycles. The van der Waals surface area contributed by atoms with Crippen molar-refractivity contribution in [1.29, 1.82) is 0 Å². The first-order valence-corrected chi connectivity index (χ1v) is 8.05. The third kappa shape index (κ3) is 4.22. The minimum Gasteiger partial charge on any atom is -0.327 e. The predicted molar refractivity (Wildman–Crippen MR) is 89.0 cm³/mol. The summed E-state index contributed by atoms with van der Waals surface area (Å²) < 4.78 is 36.6. The molecule has 3 N–H and O–H groups in total. The van der Waals surface area contributed by atoms with Crippen LogP contribution in [0.4, 0.5) is 18.9 Å². The van der Waals surface area contributed by atoms with Gasteiger partial charge in [0.05, 0.1) is 5.92 Å². The van der Waals surface area contributed by atoms with E-state index in [9.17, 15) is 18.0 Å². The number of amides is 1. The van der Waals surface area contributed by atoms with Crippen LogP contribution in [0, 0.1) is 17.8 Å². The molecule has 2 aliphatic carbocycles. The Morgan fingerprint density at radius 3 is 2.33 bits per heavy atom. The molecule has 7 heteroatoms. The van der Waals surface area contributed by atoms with Gasteiger partial charge in [0.25, 0.3) is 0 Å². The molecule has 4 unspecified atom stereocenters. The van der Waals surface area contributed by atoms with E-state index in [0.717, 1.165) is 19.3 Å². The minimum atomic E-state index is -4.15. The Morgan fingerprint density at radius 2 is 1.79 bits per heavy atom. The van der Waals surface area contributed by atoms with Crippen LogP contribution in [0.5, 0.6) is 0 Å². The highest BCUT2D eigenvalue weighted by Crippen LogP contribution is 2.47. The van der Waals surface area contributed by atoms with Gasteiger partial charge in [-0.05, 0) is 55.2 Å². The van der Waals surface area contributed by atoms with Crippen LogP contribution in [-0.2, 0) is 11.2 Å². The number of alkyl halides is 3. The van der Waals surface area contributed by atoms with Crippen LogP contribution in [0.3, 0.4) is 0 Å². The summed E-state index contributed by atoms with van der Waals surface area (Å²) in [6, 6.07) is 6.49. The van der Waals surface area contributed by atoms with E-state index in [4.69, 9.17) is 5.73 Å². The van der Waals surface area contributed by atoms with Crippen molar-refractivity contribution in [3.8, 4) is 0 Å². The van der Waals surface area contributed by atoms with E-state index in [-0.39, 0.29) is 36.7 Å². The molecule has 24 heavy (non-hydrogen) atoms. The molecule has 4 atom stereocenters. The molecule has 2 aliphatic rings. The van der Waals surface area contributed by atoms with Crippen molar-refractivity contribution in [3.63, 3.8) is 0 Å². The van der Waals surface area contributed by atoms with E-state index in [1.54, 1.807) is 24.3 Å². The van der Waals surface area contributed by atoms with E-state index in [2.05, 4.69) is 5.32 Å². The summed E-state index contributed by atoms with van der Waals surface area (Å²) in [5.41, 5.74) is 7.38. The van der Waals surface area contributed by atoms with Gasteiger partial charge in [-0.25, -0.2) is 0 Å². The summed E-state index contributed by atoms with van der Waals surface area (Å²) in [6.45, 7) is 0. The van der Waals surface area contributed by atoms with Gasteiger partial charge in [-0.1, -0.05) is 12.1 Å². The molecule has 2 fully saturated rings. The van der Waals surface area contributed by atoms with E-state index in [1.807, 2.05) is 0 Å². The van der Waals surface area contributed by atoms with Gasteiger partial charge in [-0.2, -0.15) is 13.2 Å². The zero-order chi connectivity index (χ0) is 16.6. The Morgan fingerprint density at radius 1 is 1.17 bits per heavy atom. The molecule has 0 heterocycles. The monoisotopic (exact) mass is 362 g/mol. The van der Waals surface area contributed by atoms with Crippen LogP contribution in [-0.4, -0.2) is 18.1 Å². The number of halogens is 4. The number of hydrogen-bond acceptors (Lipinski definition) is 2. The van der Waals surface area contributed by atoms with Crippen LogP contribution in [0.25, 0.3) is 0 Å². The van der Waals surface area contributed by atoms with Gasteiger partial charge in [0, 0.05) is 18.2 Å². The zero-order valence-electron chi connectivity index (χ0n) is 13.2. The molecule has 3 nitrogen and oxygen atoms in total. The number of nitrogens with two attached hydrogens (primary N) is 1. The normalized spacial score (nSPS) is 28.5. The van der Waals surface area contributed by atoms with E-state index in [0.29, 0.717) is 23.1 Å². The van der Waals surface area contributed by atoms with Crippen molar-refractivity contribution in [1.82, 2.24) is 0 Å². The summed E-state index contributed by atoms with van der Waals surface area (Å²) in [5, 5.41) is 2.86. The predicted octanol–water partition coefficient (Wildman–Crippen LogP) is 3.92. The molecule has 0 spiro atoms. The Labute approximate surface area is 145 Å². The number of carbonyl (C=O) groups is 1. The fourth-order valence-electron chi connectivity index (χ4n) is 3.99. The second kappa shape index (κ2) is 7.31. The maximum atomic E-state index is 12.4. The van der Waals surface area contributed by atoms with Crippen molar-refractivity contribution in [3.05, 3.63) is 29.8 Å². The smallest absolute Gasteiger partial charge is 0.327 e. The largest absolute Gasteiger partial charge is 0.389 e. The van der Waals surface area contributed by atoms with Crippen molar-refractivity contribution < 1.29 is 18.0 Å². The lowest BCUT2D eigenvalue weighted by Gasteiger charge is -2.27. The van der Waals surface area contributed by atoms with Crippen molar-refractivity contribution in [2.75, 3.05) is 5.32 Å². The number of benzene rings is 1. The highest BCUT2D eigenvalue weighted by atomic mass is 35.5. The summed E-state index contributed by atoms with van der Waals surface area (Å²) in [4.78, 5) is 12.4. The van der Waals surface area contributed by atoms with Gasteiger partial charge in [-0.15, -0.1) is 12.4 Å². The lowest BCUT2D eigenvalue weighted by molar-refractivity contribution is -0.134. The highest BCUT2D eigenvalue weighted by molar-refractivity contribution is 5.93. The first-order valence-electron chi connectivity index (χ1n) is 8.05. The molecule has 1 amide bonds. The van der Waals surface area contributed by atoms with Gasteiger partial charge in [0.1, 0.15) is 0 Å². The fourth-order valence-corrected chi connectivity index (χ4v) is 3.99. The molecule has 3 rings (SSSR count). The van der Waals surface area contributed by atoms with Crippen LogP contribution in [0.15, 0.2) is 24.3 Å². The summed E-state index contributed by atoms with van der Waals surface area (Å²) in [5.74, 6) is 0.632. The van der Waals surface area contributed by atoms with Gasteiger partial charge in [0.15, 0.2) is 0 Å². The highest BCUT2D eigenvalue weighted by Gasteiger charge is 2.49. The van der Waals surface area contributed by atoms with Gasteiger partial charge in [-0.3, -0.25) is 4.79 Å². The average molecular weight is 363 g/mol. The van der Waals surface area contributed by atoms with Crippen molar-refractivity contribution in [2.24, 2.45) is 23.5 Å². The summed E-state index contributed by atoms with van der Waals surface area (Å²) in [6.07, 6.45) is -1.82. The molecule has 1 aromatic carbocycles. The lowest BCUT2D eigenvalue weighted by Crippen LogP contribution is -2.42. The number of nitrogens with one attached hydrogen (secondary N) is 1. The van der Waals surface area contributed by atoms with Gasteiger partial charge >= 0.3 is 6.18 Å². The molecule has 1 aromatic rings. The molecule has 134 valence electrons. The first kappa shape index (κ1) is 19.1. The molecular weight excluding hydrogens is 341 g/mol. The number of anilines is 1. The molecule has 0 radical (unpaired) electrons. The van der Waals surface area contributed by atoms with Crippen molar-refractivity contribution in [2.45, 2.75) is 44.3 Å². The average Bonchev–Trinajstić information content (AvgIpc) is 3.06. The second-order valence-corrected chi connectivity index (χ2v) is 6.74. The Kier molecular flexibility index (Phi) is 5.81. The number of carbonyl (C=O) groups excluding carboxylic acids is 1. The third-order valence-corrected chi connectivity index (χ3v) is 5.20. The van der Waals surface area contributed by atoms with Crippen LogP contribution >= 0.6 is 12.4 Å². The summed E-state index contributed by atoms with van der Waals surface area (Å²) in [7, 11) is 0. The zero-order valence-corrected chi connectivity index (χ0v) is 14.0. The molecule has 0 saturated heterocycles. The first-order chi connectivity index (χ1) is 10.8. The molecule has 0 aliphatic heterocycles. The SMILES string of the molecule is Cl.NC1C2CCC(C2)C1C(=O)Nc1ccc(CCC(F)(F)F)cc1. The maximum absolute atomic E-state index is 12.4. The number of hydrogen-bond donors (Lipinski definition) is 2. The third-order valence-electron chi connectivity index (χ3n) is 5.20. The molecular formula is C17H22ClF3N2O. The maximum Gasteiger partial charge on any atom is 0.389 e. The lowest BCUT2D eigenvalue weighted by atomic mass is 9.84. The van der Waals surface area contributed by atoms with E-state index < -0.39 is 12.6 Å². The Bertz CT molecular complexity index is 574. The topological polar surface area (TPSA) is 55.1 Å². The van der Waals surface area contributed by atoms with Gasteiger partial charge in [0.2, 0.25) is 5.91 Å². The van der Waals surface area contributed by atoms with E-state index >= 15 is 0 Å². The number of aryl methyl sites for hydroxylation is 1. The van der Waals surface area contributed by atoms with Gasteiger partial charge < -0.3 is 11.1 Å². The van der Waals surface area contributed by atoms with Crippen LogP contribution in [0.1, 0.15) is 31.2 Å². The van der Waals surface area contributed by atoms with E-state index in [1.165, 1.54) is 0 Å².